The van der Waals surface area contributed by atoms with Crippen molar-refractivity contribution in [3.05, 3.63) is 29.8 Å². The zero-order valence-corrected chi connectivity index (χ0v) is 13.1. The van der Waals surface area contributed by atoms with Gasteiger partial charge in [0.05, 0.1) is 0 Å². The van der Waals surface area contributed by atoms with Crippen LogP contribution in [0.4, 0.5) is 10.5 Å². The molecule has 1 rings (SSSR count). The van der Waals surface area contributed by atoms with Gasteiger partial charge in [0.2, 0.25) is 0 Å². The third-order valence-electron chi connectivity index (χ3n) is 3.51. The van der Waals surface area contributed by atoms with Gasteiger partial charge in [0.1, 0.15) is 0 Å². The Hall–Kier alpha value is -1.51. The van der Waals surface area contributed by atoms with Crippen LogP contribution < -0.4 is 10.2 Å². The van der Waals surface area contributed by atoms with E-state index in [1.807, 2.05) is 25.2 Å². The Kier molecular flexibility index (Phi) is 7.78. The molecule has 1 N–H and O–H groups in total. The van der Waals surface area contributed by atoms with Crippen LogP contribution in [0.5, 0.6) is 0 Å². The maximum atomic E-state index is 12.1. The van der Waals surface area contributed by atoms with E-state index in [1.54, 1.807) is 4.90 Å². The Morgan fingerprint density at radius 1 is 1.10 bits per heavy atom. The van der Waals surface area contributed by atoms with Gasteiger partial charge in [-0.25, -0.2) is 4.79 Å². The summed E-state index contributed by atoms with van der Waals surface area (Å²) < 4.78 is 0. The van der Waals surface area contributed by atoms with Crippen molar-refractivity contribution in [3.63, 3.8) is 0 Å². The molecule has 0 bridgehead atoms. The van der Waals surface area contributed by atoms with Gasteiger partial charge >= 0.3 is 6.03 Å². The van der Waals surface area contributed by atoms with Gasteiger partial charge in [-0.2, -0.15) is 0 Å². The highest BCUT2D eigenvalue weighted by Crippen LogP contribution is 2.21. The van der Waals surface area contributed by atoms with E-state index in [1.165, 1.54) is 18.4 Å². The second kappa shape index (κ2) is 9.40. The Labute approximate surface area is 123 Å². The fourth-order valence-corrected chi connectivity index (χ4v) is 2.21. The molecule has 1 aromatic rings. The molecule has 0 heterocycles. The molecular formula is C17H28N2O. The third-order valence-corrected chi connectivity index (χ3v) is 3.51. The first-order chi connectivity index (χ1) is 9.70. The lowest BCUT2D eigenvalue weighted by molar-refractivity contribution is 0.247. The van der Waals surface area contributed by atoms with Crippen molar-refractivity contribution in [1.29, 1.82) is 0 Å². The van der Waals surface area contributed by atoms with E-state index in [-0.39, 0.29) is 6.03 Å². The van der Waals surface area contributed by atoms with Crippen LogP contribution in [-0.2, 0) is 6.42 Å². The van der Waals surface area contributed by atoms with Crippen LogP contribution in [0.25, 0.3) is 0 Å². The summed E-state index contributed by atoms with van der Waals surface area (Å²) in [4.78, 5) is 13.9. The average molecular weight is 276 g/mol. The van der Waals surface area contributed by atoms with Crippen LogP contribution in [0.1, 0.15) is 51.5 Å². The number of rotatable bonds is 8. The molecular weight excluding hydrogens is 248 g/mol. The number of nitrogens with one attached hydrogen (secondary N) is 1. The van der Waals surface area contributed by atoms with Crippen molar-refractivity contribution in [2.24, 2.45) is 0 Å². The second-order valence-electron chi connectivity index (χ2n) is 5.23. The van der Waals surface area contributed by atoms with Crippen molar-refractivity contribution in [1.82, 2.24) is 5.32 Å². The van der Waals surface area contributed by atoms with Gasteiger partial charge in [0.25, 0.3) is 0 Å². The monoisotopic (exact) mass is 276 g/mol. The maximum Gasteiger partial charge on any atom is 0.321 e. The van der Waals surface area contributed by atoms with Gasteiger partial charge in [0.15, 0.2) is 0 Å². The second-order valence-corrected chi connectivity index (χ2v) is 5.23. The summed E-state index contributed by atoms with van der Waals surface area (Å²) in [5, 5.41) is 2.99. The number of benzene rings is 1. The smallest absolute Gasteiger partial charge is 0.321 e. The largest absolute Gasteiger partial charge is 0.338 e. The predicted octanol–water partition coefficient (Wildman–Crippen LogP) is 4.37. The fourth-order valence-electron chi connectivity index (χ4n) is 2.21. The number of para-hydroxylation sites is 1. The fraction of sp³-hybridized carbons (Fsp3) is 0.588. The van der Waals surface area contributed by atoms with Crippen LogP contribution >= 0.6 is 0 Å². The normalized spacial score (nSPS) is 10.3. The van der Waals surface area contributed by atoms with Crippen LogP contribution in [0, 0.1) is 0 Å². The summed E-state index contributed by atoms with van der Waals surface area (Å²) in [7, 11) is 1.85. The van der Waals surface area contributed by atoms with E-state index in [0.717, 1.165) is 37.9 Å². The first kappa shape index (κ1) is 16.5. The first-order valence-electron chi connectivity index (χ1n) is 7.80. The van der Waals surface area contributed by atoms with Gasteiger partial charge in [-0.1, -0.05) is 51.3 Å². The summed E-state index contributed by atoms with van der Waals surface area (Å²) in [5.41, 5.74) is 2.27. The molecule has 0 aliphatic heterocycles. The Morgan fingerprint density at radius 3 is 2.50 bits per heavy atom. The van der Waals surface area contributed by atoms with Crippen LogP contribution in [0.3, 0.4) is 0 Å². The number of hydrogen-bond donors (Lipinski definition) is 1. The van der Waals surface area contributed by atoms with E-state index in [4.69, 9.17) is 0 Å². The molecule has 0 unspecified atom stereocenters. The zero-order chi connectivity index (χ0) is 14.8. The Balaban J connectivity index is 2.61. The lowest BCUT2D eigenvalue weighted by Crippen LogP contribution is -2.38. The topological polar surface area (TPSA) is 32.3 Å². The zero-order valence-electron chi connectivity index (χ0n) is 13.1. The predicted molar refractivity (Wildman–Crippen MR) is 86.4 cm³/mol. The quantitative estimate of drug-likeness (QED) is 0.703. The number of nitrogens with zero attached hydrogens (tertiary/aromatic N) is 1. The molecule has 0 aliphatic rings. The SMILES string of the molecule is CCCCCNC(=O)N(C)c1ccccc1CCCC. The highest BCUT2D eigenvalue weighted by atomic mass is 16.2. The van der Waals surface area contributed by atoms with E-state index < -0.39 is 0 Å². The standard InChI is InChI=1S/C17H28N2O/c1-4-6-10-14-18-17(20)19(3)16-13-9-8-12-15(16)11-7-5-2/h8-9,12-13H,4-7,10-11,14H2,1-3H3,(H,18,20). The van der Waals surface area contributed by atoms with Gasteiger partial charge in [-0.15, -0.1) is 0 Å². The number of hydrogen-bond acceptors (Lipinski definition) is 1. The minimum atomic E-state index is -0.00921. The van der Waals surface area contributed by atoms with Gasteiger partial charge < -0.3 is 5.32 Å². The molecule has 0 saturated heterocycles. The number of aryl methyl sites for hydroxylation is 1. The molecule has 0 aromatic heterocycles. The third kappa shape index (κ3) is 5.24. The summed E-state index contributed by atoms with van der Waals surface area (Å²) in [6, 6.07) is 8.17. The minimum absolute atomic E-state index is 0.00921. The van der Waals surface area contributed by atoms with Crippen molar-refractivity contribution >= 4 is 11.7 Å². The summed E-state index contributed by atoms with van der Waals surface area (Å²) in [5.74, 6) is 0. The van der Waals surface area contributed by atoms with Crippen molar-refractivity contribution in [3.8, 4) is 0 Å². The molecule has 20 heavy (non-hydrogen) atoms. The van der Waals surface area contributed by atoms with Gasteiger partial charge in [-0.3, -0.25) is 4.90 Å². The van der Waals surface area contributed by atoms with Crippen LogP contribution in [0.2, 0.25) is 0 Å². The molecule has 0 saturated carbocycles. The number of urea groups is 1. The van der Waals surface area contributed by atoms with Crippen molar-refractivity contribution in [2.75, 3.05) is 18.5 Å². The number of carbonyl (C=O) groups is 1. The average Bonchev–Trinajstić information content (AvgIpc) is 2.49. The summed E-state index contributed by atoms with van der Waals surface area (Å²) in [6.07, 6.45) is 6.74. The molecule has 112 valence electrons. The van der Waals surface area contributed by atoms with Gasteiger partial charge in [0, 0.05) is 19.3 Å². The number of unbranched alkanes of at least 4 members (excludes halogenated alkanes) is 3. The molecule has 1 aromatic carbocycles. The Morgan fingerprint density at radius 2 is 1.80 bits per heavy atom. The number of carbonyl (C=O) groups excluding carboxylic acids is 1. The lowest BCUT2D eigenvalue weighted by atomic mass is 10.1. The van der Waals surface area contributed by atoms with Crippen LogP contribution in [0.15, 0.2) is 24.3 Å². The minimum Gasteiger partial charge on any atom is -0.338 e. The molecule has 0 aliphatic carbocycles. The summed E-state index contributed by atoms with van der Waals surface area (Å²) >= 11 is 0. The molecule has 2 amide bonds. The molecule has 0 fully saturated rings. The van der Waals surface area contributed by atoms with Gasteiger partial charge in [-0.05, 0) is 30.9 Å². The maximum absolute atomic E-state index is 12.1. The molecule has 0 atom stereocenters. The molecule has 0 spiro atoms. The van der Waals surface area contributed by atoms with E-state index in [0.29, 0.717) is 0 Å². The molecule has 3 heteroatoms. The van der Waals surface area contributed by atoms with Crippen molar-refractivity contribution in [2.45, 2.75) is 52.4 Å². The van der Waals surface area contributed by atoms with Crippen molar-refractivity contribution < 1.29 is 4.79 Å². The number of anilines is 1. The highest BCUT2D eigenvalue weighted by Gasteiger charge is 2.13. The van der Waals surface area contributed by atoms with E-state index >= 15 is 0 Å². The Bertz CT molecular complexity index is 404. The summed E-state index contributed by atoms with van der Waals surface area (Å²) in [6.45, 7) is 5.11. The highest BCUT2D eigenvalue weighted by molar-refractivity contribution is 5.92. The molecule has 3 nitrogen and oxygen atoms in total. The lowest BCUT2D eigenvalue weighted by Gasteiger charge is -2.21. The van der Waals surface area contributed by atoms with E-state index in [2.05, 4.69) is 25.2 Å². The van der Waals surface area contributed by atoms with Crippen LogP contribution in [-0.4, -0.2) is 19.6 Å². The number of amides is 2. The van der Waals surface area contributed by atoms with E-state index in [9.17, 15) is 4.79 Å². The first-order valence-corrected chi connectivity index (χ1v) is 7.80. The molecule has 0 radical (unpaired) electrons.